The third-order valence-corrected chi connectivity index (χ3v) is 6.62. The SMILES string of the molecule is CC(C)[C@H](NC(=O)OC(C)(C)C)C(=O)N[C@@H]1CCN(c2ncc(B3OC(C)(C)C(C)(C)O3)cn2)C1. The third-order valence-electron chi connectivity index (χ3n) is 6.62. The van der Waals surface area contributed by atoms with Crippen LogP contribution in [0.5, 0.6) is 0 Å². The predicted molar refractivity (Wildman–Crippen MR) is 135 cm³/mol. The maximum atomic E-state index is 12.9. The van der Waals surface area contributed by atoms with Gasteiger partial charge in [-0.25, -0.2) is 14.8 Å². The highest BCUT2D eigenvalue weighted by Crippen LogP contribution is 2.36. The molecule has 2 aliphatic heterocycles. The van der Waals surface area contributed by atoms with Crippen molar-refractivity contribution in [2.45, 2.75) is 97.6 Å². The topological polar surface area (TPSA) is 115 Å². The van der Waals surface area contributed by atoms with Gasteiger partial charge in [0.05, 0.1) is 11.2 Å². The molecule has 2 saturated heterocycles. The second-order valence-electron chi connectivity index (χ2n) is 11.7. The number of nitrogens with zero attached hydrogens (tertiary/aromatic N) is 3. The molecule has 2 aliphatic rings. The summed E-state index contributed by atoms with van der Waals surface area (Å²) >= 11 is 0. The van der Waals surface area contributed by atoms with Crippen LogP contribution in [0, 0.1) is 5.92 Å². The molecule has 0 bridgehead atoms. The van der Waals surface area contributed by atoms with Gasteiger partial charge in [-0.2, -0.15) is 0 Å². The predicted octanol–water partition coefficient (Wildman–Crippen LogP) is 2.02. The van der Waals surface area contributed by atoms with Crippen molar-refractivity contribution >= 4 is 30.5 Å². The van der Waals surface area contributed by atoms with Crippen LogP contribution in [0.1, 0.15) is 68.7 Å². The van der Waals surface area contributed by atoms with E-state index in [9.17, 15) is 9.59 Å². The van der Waals surface area contributed by atoms with Crippen molar-refractivity contribution in [3.8, 4) is 0 Å². The van der Waals surface area contributed by atoms with Crippen LogP contribution in [0.3, 0.4) is 0 Å². The lowest BCUT2D eigenvalue weighted by molar-refractivity contribution is -0.124. The molecule has 3 heterocycles. The first-order valence-electron chi connectivity index (χ1n) is 12.3. The van der Waals surface area contributed by atoms with E-state index in [0.717, 1.165) is 11.9 Å². The number of ether oxygens (including phenoxy) is 1. The minimum atomic E-state index is -0.686. The zero-order valence-electron chi connectivity index (χ0n) is 22.5. The molecule has 0 radical (unpaired) electrons. The van der Waals surface area contributed by atoms with Crippen LogP contribution in [-0.2, 0) is 18.8 Å². The number of carbonyl (C=O) groups is 2. The zero-order valence-corrected chi connectivity index (χ0v) is 22.5. The Balaban J connectivity index is 1.56. The van der Waals surface area contributed by atoms with Crippen molar-refractivity contribution in [3.05, 3.63) is 12.4 Å². The van der Waals surface area contributed by atoms with E-state index in [2.05, 4.69) is 20.6 Å². The Morgan fingerprint density at radius 1 is 1.14 bits per heavy atom. The van der Waals surface area contributed by atoms with Gasteiger partial charge in [-0.05, 0) is 60.8 Å². The lowest BCUT2D eigenvalue weighted by atomic mass is 9.81. The summed E-state index contributed by atoms with van der Waals surface area (Å²) in [4.78, 5) is 36.2. The summed E-state index contributed by atoms with van der Waals surface area (Å²) in [5.41, 5.74) is -0.720. The molecule has 0 spiro atoms. The fraction of sp³-hybridized carbons (Fsp3) is 0.750. The number of carbonyl (C=O) groups excluding carboxylic acids is 2. The number of hydrogen-bond acceptors (Lipinski definition) is 8. The first kappa shape index (κ1) is 27.2. The van der Waals surface area contributed by atoms with E-state index in [4.69, 9.17) is 14.0 Å². The molecule has 0 aromatic carbocycles. The van der Waals surface area contributed by atoms with E-state index in [0.29, 0.717) is 19.0 Å². The Morgan fingerprint density at radius 2 is 1.71 bits per heavy atom. The lowest BCUT2D eigenvalue weighted by Gasteiger charge is -2.32. The molecule has 2 fully saturated rings. The highest BCUT2D eigenvalue weighted by atomic mass is 16.7. The van der Waals surface area contributed by atoms with Gasteiger partial charge < -0.3 is 29.6 Å². The van der Waals surface area contributed by atoms with Crippen LogP contribution < -0.4 is 21.0 Å². The van der Waals surface area contributed by atoms with E-state index >= 15 is 0 Å². The van der Waals surface area contributed by atoms with Gasteiger partial charge in [0.2, 0.25) is 11.9 Å². The first-order valence-corrected chi connectivity index (χ1v) is 12.3. The molecule has 35 heavy (non-hydrogen) atoms. The van der Waals surface area contributed by atoms with Gasteiger partial charge in [-0.15, -0.1) is 0 Å². The molecule has 2 amide bonds. The molecule has 2 N–H and O–H groups in total. The standard InChI is InChI=1S/C24H40BN5O5/c1-15(2)18(29-21(32)33-22(3,4)5)19(31)28-17-10-11-30(14-17)20-26-12-16(13-27-20)25-34-23(6,7)24(8,9)35-25/h12-13,15,17-18H,10-11,14H2,1-9H3,(H,28,31)(H,29,32)/t17-,18+/m1/s1. The Bertz CT molecular complexity index is 900. The van der Waals surface area contributed by atoms with Crippen molar-refractivity contribution in [2.24, 2.45) is 5.92 Å². The minimum absolute atomic E-state index is 0.0736. The van der Waals surface area contributed by atoms with Crippen LogP contribution in [0.15, 0.2) is 12.4 Å². The first-order chi connectivity index (χ1) is 16.1. The van der Waals surface area contributed by atoms with Gasteiger partial charge in [-0.3, -0.25) is 4.79 Å². The summed E-state index contributed by atoms with van der Waals surface area (Å²) in [5, 5.41) is 5.75. The highest BCUT2D eigenvalue weighted by molar-refractivity contribution is 6.61. The number of alkyl carbamates (subject to hydrolysis) is 1. The maximum absolute atomic E-state index is 12.9. The molecule has 194 valence electrons. The van der Waals surface area contributed by atoms with E-state index < -0.39 is 36.1 Å². The second kappa shape index (κ2) is 9.93. The maximum Gasteiger partial charge on any atom is 0.498 e. The third kappa shape index (κ3) is 6.64. The highest BCUT2D eigenvalue weighted by Gasteiger charge is 2.52. The van der Waals surface area contributed by atoms with Crippen LogP contribution >= 0.6 is 0 Å². The van der Waals surface area contributed by atoms with Gasteiger partial charge in [0.15, 0.2) is 0 Å². The normalized spacial score (nSPS) is 22.3. The molecule has 2 atom stereocenters. The number of rotatable bonds is 6. The van der Waals surface area contributed by atoms with Crippen LogP contribution in [-0.4, -0.2) is 71.1 Å². The molecule has 0 aliphatic carbocycles. The molecule has 1 aromatic rings. The molecular weight excluding hydrogens is 449 g/mol. The minimum Gasteiger partial charge on any atom is -0.444 e. The van der Waals surface area contributed by atoms with E-state index in [1.165, 1.54) is 0 Å². The Morgan fingerprint density at radius 3 is 2.23 bits per heavy atom. The quantitative estimate of drug-likeness (QED) is 0.584. The fourth-order valence-corrected chi connectivity index (χ4v) is 3.92. The molecule has 0 saturated carbocycles. The van der Waals surface area contributed by atoms with Crippen LogP contribution in [0.25, 0.3) is 0 Å². The summed E-state index contributed by atoms with van der Waals surface area (Å²) in [6.45, 7) is 18.5. The van der Waals surface area contributed by atoms with Crippen molar-refractivity contribution < 1.29 is 23.6 Å². The lowest BCUT2D eigenvalue weighted by Crippen LogP contribution is -2.53. The second-order valence-corrected chi connectivity index (χ2v) is 11.7. The average molecular weight is 489 g/mol. The van der Waals surface area contributed by atoms with Crippen LogP contribution in [0.4, 0.5) is 10.7 Å². The van der Waals surface area contributed by atoms with Crippen molar-refractivity contribution in [2.75, 3.05) is 18.0 Å². The smallest absolute Gasteiger partial charge is 0.444 e. The molecular formula is C24H40BN5O5. The van der Waals surface area contributed by atoms with Crippen molar-refractivity contribution in [1.82, 2.24) is 20.6 Å². The van der Waals surface area contributed by atoms with Gasteiger partial charge in [0.1, 0.15) is 11.6 Å². The zero-order chi connectivity index (χ0) is 26.2. The molecule has 11 heteroatoms. The van der Waals surface area contributed by atoms with Crippen molar-refractivity contribution in [1.29, 1.82) is 0 Å². The van der Waals surface area contributed by atoms with Crippen LogP contribution in [0.2, 0.25) is 0 Å². The van der Waals surface area contributed by atoms with Gasteiger partial charge >= 0.3 is 13.2 Å². The monoisotopic (exact) mass is 489 g/mol. The molecule has 10 nitrogen and oxygen atoms in total. The van der Waals surface area contributed by atoms with E-state index in [-0.39, 0.29) is 17.9 Å². The molecule has 0 unspecified atom stereocenters. The summed E-state index contributed by atoms with van der Waals surface area (Å²) in [5.74, 6) is 0.273. The Labute approximate surface area is 209 Å². The molecule has 3 rings (SSSR count). The number of anilines is 1. The number of aromatic nitrogens is 2. The Kier molecular flexibility index (Phi) is 7.71. The Hall–Kier alpha value is -2.40. The fourth-order valence-electron chi connectivity index (χ4n) is 3.92. The number of nitrogens with one attached hydrogen (secondary N) is 2. The summed E-state index contributed by atoms with van der Waals surface area (Å²) in [7, 11) is -0.509. The largest absolute Gasteiger partial charge is 0.498 e. The van der Waals surface area contributed by atoms with Crippen molar-refractivity contribution in [3.63, 3.8) is 0 Å². The van der Waals surface area contributed by atoms with E-state index in [1.807, 2.05) is 46.4 Å². The summed E-state index contributed by atoms with van der Waals surface area (Å²) in [6.07, 6.45) is 3.62. The van der Waals surface area contributed by atoms with Gasteiger partial charge in [-0.1, -0.05) is 13.8 Å². The number of amides is 2. The van der Waals surface area contributed by atoms with Gasteiger partial charge in [0.25, 0.3) is 0 Å². The summed E-state index contributed by atoms with van der Waals surface area (Å²) < 4.78 is 17.4. The van der Waals surface area contributed by atoms with E-state index in [1.54, 1.807) is 33.2 Å². The number of hydrogen-bond donors (Lipinski definition) is 2. The van der Waals surface area contributed by atoms with Gasteiger partial charge in [0, 0.05) is 37.0 Å². The average Bonchev–Trinajstić information content (AvgIpc) is 3.26. The molecule has 1 aromatic heterocycles. The summed E-state index contributed by atoms with van der Waals surface area (Å²) in [6, 6.07) is -0.759.